The van der Waals surface area contributed by atoms with Crippen molar-refractivity contribution < 1.29 is 38.2 Å². The number of halogens is 4. The highest BCUT2D eigenvalue weighted by Crippen LogP contribution is 2.38. The van der Waals surface area contributed by atoms with Crippen molar-refractivity contribution in [2.24, 2.45) is 20.5 Å². The number of Topliss-reactive ketones (excluding diaryl/α,β-unsaturated/α-hetero) is 2. The number of hydrogen-bond donors (Lipinski definition) is 4. The second-order valence-corrected chi connectivity index (χ2v) is 17.1. The fraction of sp³-hybridized carbons (Fsp3) is 0.250. The van der Waals surface area contributed by atoms with E-state index >= 15 is 0 Å². The van der Waals surface area contributed by atoms with Crippen LogP contribution in [-0.4, -0.2) is 60.5 Å². The van der Waals surface area contributed by atoms with Gasteiger partial charge in [0.2, 0.25) is 12.1 Å². The van der Waals surface area contributed by atoms with Gasteiger partial charge in [-0.3, -0.25) is 28.8 Å². The van der Waals surface area contributed by atoms with Gasteiger partial charge in [-0.25, -0.2) is 0 Å². The zero-order chi connectivity index (χ0) is 49.7. The van der Waals surface area contributed by atoms with Crippen LogP contribution in [0.1, 0.15) is 84.1 Å². The number of benzene rings is 5. The number of hydrogen-bond acceptors (Lipinski definition) is 12. The van der Waals surface area contributed by atoms with Crippen molar-refractivity contribution in [2.45, 2.75) is 64.4 Å². The van der Waals surface area contributed by atoms with E-state index in [4.69, 9.17) is 55.9 Å². The molecule has 5 rings (SSSR count). The summed E-state index contributed by atoms with van der Waals surface area (Å²) >= 11 is 24.9. The molecule has 354 valence electrons. The third-order valence-electron chi connectivity index (χ3n) is 9.59. The minimum Gasteiger partial charge on any atom is -0.492 e. The molecule has 0 aliphatic rings. The van der Waals surface area contributed by atoms with Crippen LogP contribution in [0.25, 0.3) is 0 Å². The number of ketones is 2. The summed E-state index contributed by atoms with van der Waals surface area (Å²) in [7, 11) is 0. The Labute approximate surface area is 412 Å². The van der Waals surface area contributed by atoms with E-state index in [-0.39, 0.29) is 79.4 Å². The molecule has 0 saturated heterocycles. The van der Waals surface area contributed by atoms with Gasteiger partial charge in [0.25, 0.3) is 23.6 Å². The Hall–Kier alpha value is -6.72. The number of azo groups is 2. The number of rotatable bonds is 20. The van der Waals surface area contributed by atoms with Gasteiger partial charge in [0.05, 0.1) is 46.7 Å². The summed E-state index contributed by atoms with van der Waals surface area (Å²) in [6.45, 7) is 9.54. The van der Waals surface area contributed by atoms with Gasteiger partial charge in [-0.2, -0.15) is 20.5 Å². The van der Waals surface area contributed by atoms with E-state index in [1.807, 2.05) is 13.8 Å². The second kappa shape index (κ2) is 24.3. The molecule has 20 heteroatoms. The third-order valence-corrected chi connectivity index (χ3v) is 10.5. The van der Waals surface area contributed by atoms with Gasteiger partial charge in [0.15, 0.2) is 11.6 Å². The van der Waals surface area contributed by atoms with Crippen molar-refractivity contribution in [1.82, 2.24) is 0 Å². The maximum absolute atomic E-state index is 13.7. The van der Waals surface area contributed by atoms with Crippen LogP contribution in [0.5, 0.6) is 11.5 Å². The lowest BCUT2D eigenvalue weighted by Gasteiger charge is -2.19. The van der Waals surface area contributed by atoms with Gasteiger partial charge >= 0.3 is 0 Å². The minimum absolute atomic E-state index is 0.0421. The lowest BCUT2D eigenvalue weighted by Crippen LogP contribution is -2.32. The molecule has 5 aromatic carbocycles. The first-order chi connectivity index (χ1) is 32.3. The maximum Gasteiger partial charge on any atom is 0.258 e. The van der Waals surface area contributed by atoms with E-state index in [1.165, 1.54) is 48.5 Å². The molecule has 4 atom stereocenters. The van der Waals surface area contributed by atoms with Gasteiger partial charge < -0.3 is 30.7 Å². The molecule has 0 aliphatic heterocycles. The normalized spacial score (nSPS) is 13.0. The minimum atomic E-state index is -1.66. The number of nitrogens with zero attached hydrogens (tertiary/aromatic N) is 4. The number of carbonyl (C=O) groups is 6. The van der Waals surface area contributed by atoms with Crippen molar-refractivity contribution in [3.63, 3.8) is 0 Å². The van der Waals surface area contributed by atoms with Crippen LogP contribution in [-0.2, 0) is 19.2 Å². The number of amides is 4. The molecular weight excluding hydrogens is 958 g/mol. The van der Waals surface area contributed by atoms with E-state index < -0.39 is 47.3 Å². The summed E-state index contributed by atoms with van der Waals surface area (Å²) in [6, 6.07) is 21.8. The molecular formula is C48H46Cl4N8O8. The van der Waals surface area contributed by atoms with E-state index in [9.17, 15) is 28.8 Å². The summed E-state index contributed by atoms with van der Waals surface area (Å²) in [4.78, 5) is 79.2. The van der Waals surface area contributed by atoms with Crippen LogP contribution in [0.2, 0.25) is 10.0 Å². The average Bonchev–Trinajstić information content (AvgIpc) is 3.27. The number of ether oxygens (including phenoxy) is 2. The zero-order valence-electron chi connectivity index (χ0n) is 37.5. The van der Waals surface area contributed by atoms with Gasteiger partial charge in [-0.1, -0.05) is 47.5 Å². The first-order valence-electron chi connectivity index (χ1n) is 21.0. The molecule has 68 heavy (non-hydrogen) atoms. The molecule has 0 radical (unpaired) electrons. The maximum atomic E-state index is 13.7. The van der Waals surface area contributed by atoms with Crippen molar-refractivity contribution >= 4 is 116 Å². The Morgan fingerprint density at radius 3 is 1.19 bits per heavy atom. The van der Waals surface area contributed by atoms with Gasteiger partial charge in [-0.15, -0.1) is 23.2 Å². The van der Waals surface area contributed by atoms with Gasteiger partial charge in [0, 0.05) is 44.7 Å². The van der Waals surface area contributed by atoms with Crippen LogP contribution >= 0.6 is 46.4 Å². The molecule has 0 saturated carbocycles. The molecule has 0 spiro atoms. The Bertz CT molecular complexity index is 2560. The molecule has 0 aromatic heterocycles. The Balaban J connectivity index is 1.33. The van der Waals surface area contributed by atoms with E-state index in [0.717, 1.165) is 25.0 Å². The zero-order valence-corrected chi connectivity index (χ0v) is 40.6. The summed E-state index contributed by atoms with van der Waals surface area (Å²) in [6.07, 6.45) is 0. The lowest BCUT2D eigenvalue weighted by atomic mass is 10.1. The summed E-state index contributed by atoms with van der Waals surface area (Å²) in [5.41, 5.74) is 3.31. The predicted molar refractivity (Wildman–Crippen MR) is 264 cm³/mol. The van der Waals surface area contributed by atoms with E-state index in [2.05, 4.69) is 41.7 Å². The highest BCUT2D eigenvalue weighted by Gasteiger charge is 2.28. The molecule has 0 fully saturated rings. The summed E-state index contributed by atoms with van der Waals surface area (Å²) < 4.78 is 11.6. The molecule has 4 amide bonds. The SMILES string of the molecule is CCOc1cc(NC(=O)C(N=Nc2cc(Cl)cc(C(=O)Nc3ccc(C(C)Cl)cc3)c2)C(C)=O)c(OCC)cc1NC(=O)C(N=Nc1cc(Cl)cc(C(=O)Nc2ccc(C(C)Cl)cc2)c1)C(C)=O. The molecule has 0 aliphatic carbocycles. The molecule has 16 nitrogen and oxygen atoms in total. The van der Waals surface area contributed by atoms with Gasteiger partial charge in [-0.05, 0) is 113 Å². The molecule has 4 N–H and O–H groups in total. The first-order valence-corrected chi connectivity index (χ1v) is 22.6. The van der Waals surface area contributed by atoms with Gasteiger partial charge in [0.1, 0.15) is 11.5 Å². The monoisotopic (exact) mass is 1000 g/mol. The fourth-order valence-electron chi connectivity index (χ4n) is 6.19. The predicted octanol–water partition coefficient (Wildman–Crippen LogP) is 12.3. The number of carbonyl (C=O) groups excluding carboxylic acids is 6. The fourth-order valence-corrected chi connectivity index (χ4v) is 6.94. The quantitative estimate of drug-likeness (QED) is 0.0333. The van der Waals surface area contributed by atoms with Crippen LogP contribution in [0.3, 0.4) is 0 Å². The van der Waals surface area contributed by atoms with Crippen LogP contribution < -0.4 is 30.7 Å². The summed E-state index contributed by atoms with van der Waals surface area (Å²) in [5.74, 6) is -4.03. The first kappa shape index (κ1) is 52.3. The molecule has 0 heterocycles. The second-order valence-electron chi connectivity index (χ2n) is 14.9. The largest absolute Gasteiger partial charge is 0.492 e. The average molecular weight is 1000 g/mol. The van der Waals surface area contributed by atoms with Crippen LogP contribution in [0, 0.1) is 0 Å². The Morgan fingerprint density at radius 1 is 0.529 bits per heavy atom. The number of nitrogens with one attached hydrogen (secondary N) is 4. The van der Waals surface area contributed by atoms with Crippen LogP contribution in [0.4, 0.5) is 34.1 Å². The highest BCUT2D eigenvalue weighted by molar-refractivity contribution is 6.32. The highest BCUT2D eigenvalue weighted by atomic mass is 35.5. The third kappa shape index (κ3) is 14.6. The van der Waals surface area contributed by atoms with E-state index in [0.29, 0.717) is 11.4 Å². The number of anilines is 4. The topological polar surface area (TPSA) is 218 Å². The number of alkyl halides is 2. The van der Waals surface area contributed by atoms with Crippen molar-refractivity contribution in [1.29, 1.82) is 0 Å². The molecule has 5 aromatic rings. The Morgan fingerprint density at radius 2 is 0.882 bits per heavy atom. The van der Waals surface area contributed by atoms with Crippen molar-refractivity contribution in [3.05, 3.63) is 129 Å². The standard InChI is InChI=1S/C48H46Cl4N8O8/c1-7-67-41-23-40(56-48(66)44(28(6)62)60-58-38-20-32(18-34(52)22-38)46(64)54-36-15-11-30(12-16-36)26(4)50)42(68-8-2)24-39(41)55-47(65)43(27(5)61)59-57-37-19-31(17-33(51)21-37)45(63)53-35-13-9-29(10-14-35)25(3)49/h9-26,43-44H,7-8H2,1-6H3,(H,53,63)(H,54,64)(H,55,65)(H,56,66). The van der Waals surface area contributed by atoms with Crippen LogP contribution in [0.15, 0.2) is 118 Å². The van der Waals surface area contributed by atoms with Crippen molar-refractivity contribution in [2.75, 3.05) is 34.5 Å². The molecule has 4 unspecified atom stereocenters. The Kier molecular flexibility index (Phi) is 18.7. The van der Waals surface area contributed by atoms with E-state index in [1.54, 1.807) is 62.4 Å². The van der Waals surface area contributed by atoms with Crippen molar-refractivity contribution in [3.8, 4) is 11.5 Å². The summed E-state index contributed by atoms with van der Waals surface area (Å²) in [5, 5.41) is 26.8. The molecule has 0 bridgehead atoms. The smallest absolute Gasteiger partial charge is 0.258 e. The lowest BCUT2D eigenvalue weighted by molar-refractivity contribution is -0.127.